The summed E-state index contributed by atoms with van der Waals surface area (Å²) >= 11 is 0. The van der Waals surface area contributed by atoms with Crippen molar-refractivity contribution in [1.82, 2.24) is 0 Å². The highest BCUT2D eigenvalue weighted by Crippen LogP contribution is 2.37. The van der Waals surface area contributed by atoms with Crippen LogP contribution in [0.2, 0.25) is 0 Å². The van der Waals surface area contributed by atoms with E-state index in [1.807, 2.05) is 0 Å². The predicted octanol–water partition coefficient (Wildman–Crippen LogP) is 8.52. The monoisotopic (exact) mass is 504 g/mol. The molecule has 0 spiro atoms. The van der Waals surface area contributed by atoms with Crippen LogP contribution in [0.3, 0.4) is 0 Å². The third kappa shape index (κ3) is 5.50. The summed E-state index contributed by atoms with van der Waals surface area (Å²) in [5.74, 6) is 0. The van der Waals surface area contributed by atoms with E-state index < -0.39 is 0 Å². The van der Waals surface area contributed by atoms with E-state index in [1.54, 1.807) is 0 Å². The molecule has 2 heteroatoms. The van der Waals surface area contributed by atoms with E-state index in [0.717, 1.165) is 12.8 Å². The van der Waals surface area contributed by atoms with Gasteiger partial charge in [0.05, 0.1) is 0 Å². The molecule has 2 nitrogen and oxygen atoms in total. The first-order chi connectivity index (χ1) is 18.0. The quantitative estimate of drug-likeness (QED) is 0.249. The fraction of sp³-hybridized carbons (Fsp3) is 0.333. The summed E-state index contributed by atoms with van der Waals surface area (Å²) in [6, 6.07) is 23.1. The summed E-state index contributed by atoms with van der Waals surface area (Å²) in [5, 5.41) is 0. The van der Waals surface area contributed by atoms with Crippen LogP contribution in [0.15, 0.2) is 60.7 Å². The van der Waals surface area contributed by atoms with E-state index in [9.17, 15) is 0 Å². The molecule has 4 rings (SSSR count). The lowest BCUT2D eigenvalue weighted by Crippen LogP contribution is -2.12. The summed E-state index contributed by atoms with van der Waals surface area (Å²) in [6.45, 7) is 13.5. The van der Waals surface area contributed by atoms with Gasteiger partial charge in [-0.2, -0.15) is 0 Å². The van der Waals surface area contributed by atoms with Gasteiger partial charge in [0.2, 0.25) is 0 Å². The Balaban J connectivity index is 1.80. The third-order valence-electron chi connectivity index (χ3n) is 7.75. The number of hydrogen-bond acceptors (Lipinski definition) is 2. The summed E-state index contributed by atoms with van der Waals surface area (Å²) in [5.41, 5.74) is 19.0. The van der Waals surface area contributed by atoms with Crippen molar-refractivity contribution in [1.29, 1.82) is 0 Å². The second-order valence-electron chi connectivity index (χ2n) is 11.5. The van der Waals surface area contributed by atoms with Crippen LogP contribution in [-0.4, -0.2) is 28.2 Å². The third-order valence-corrected chi connectivity index (χ3v) is 7.75. The zero-order chi connectivity index (χ0) is 27.7. The molecule has 0 aliphatic rings. The molecule has 0 radical (unpaired) electrons. The maximum absolute atomic E-state index is 2.37. The van der Waals surface area contributed by atoms with Crippen molar-refractivity contribution < 1.29 is 0 Å². The van der Waals surface area contributed by atoms with E-state index in [0.29, 0.717) is 0 Å². The summed E-state index contributed by atoms with van der Waals surface area (Å²) < 4.78 is 0. The number of nitrogens with zero attached hydrogens (tertiary/aromatic N) is 2. The van der Waals surface area contributed by atoms with Gasteiger partial charge in [0, 0.05) is 39.6 Å². The lowest BCUT2D eigenvalue weighted by atomic mass is 9.84. The maximum atomic E-state index is 2.37. The lowest BCUT2D eigenvalue weighted by molar-refractivity contribution is 1.07. The summed E-state index contributed by atoms with van der Waals surface area (Å²) in [6.07, 6.45) is 1.85. The molecular formula is C36H44N2. The van der Waals surface area contributed by atoms with Gasteiger partial charge in [0.25, 0.3) is 0 Å². The molecule has 0 atom stereocenters. The van der Waals surface area contributed by atoms with Crippen LogP contribution >= 0.6 is 0 Å². The van der Waals surface area contributed by atoms with E-state index in [-0.39, 0.29) is 0 Å². The SMILES string of the molecule is Cc1cccc(Cc2cc(C)c(N(C)C)c(C)c2)c1-c1c(C)cccc1Cc1cc(C)c(N(C)C)c(C)c1. The van der Waals surface area contributed by atoms with Crippen molar-refractivity contribution in [3.63, 3.8) is 0 Å². The van der Waals surface area contributed by atoms with Crippen LogP contribution in [0.5, 0.6) is 0 Å². The first-order valence-corrected chi connectivity index (χ1v) is 13.7. The minimum Gasteiger partial charge on any atom is -0.377 e. The smallest absolute Gasteiger partial charge is 0.0420 e. The zero-order valence-electron chi connectivity index (χ0n) is 25.1. The molecule has 0 aliphatic heterocycles. The van der Waals surface area contributed by atoms with Crippen molar-refractivity contribution in [2.24, 2.45) is 0 Å². The molecule has 0 saturated heterocycles. The summed E-state index contributed by atoms with van der Waals surface area (Å²) in [7, 11) is 8.52. The van der Waals surface area contributed by atoms with Gasteiger partial charge >= 0.3 is 0 Å². The highest BCUT2D eigenvalue weighted by Gasteiger charge is 2.17. The fourth-order valence-corrected chi connectivity index (χ4v) is 6.61. The van der Waals surface area contributed by atoms with Gasteiger partial charge in [-0.15, -0.1) is 0 Å². The highest BCUT2D eigenvalue weighted by atomic mass is 15.1. The second-order valence-corrected chi connectivity index (χ2v) is 11.5. The summed E-state index contributed by atoms with van der Waals surface area (Å²) in [4.78, 5) is 4.45. The standard InChI is InChI=1S/C36H44N2/c1-23-13-11-15-31(21-29-17-25(3)35(37(7)8)26(4)18-29)33(23)34-24(2)14-12-16-32(34)22-30-19-27(5)36(38(9)10)28(6)20-30/h11-20H,21-22H2,1-10H3. The van der Waals surface area contributed by atoms with Gasteiger partial charge in [-0.3, -0.25) is 0 Å². The molecule has 198 valence electrons. The van der Waals surface area contributed by atoms with Crippen LogP contribution in [0.25, 0.3) is 11.1 Å². The van der Waals surface area contributed by atoms with Gasteiger partial charge < -0.3 is 9.80 Å². The highest BCUT2D eigenvalue weighted by molar-refractivity contribution is 5.78. The molecular weight excluding hydrogens is 460 g/mol. The molecule has 0 saturated carbocycles. The zero-order valence-corrected chi connectivity index (χ0v) is 25.1. The van der Waals surface area contributed by atoms with E-state index >= 15 is 0 Å². The Morgan fingerprint density at radius 2 is 0.763 bits per heavy atom. The average Bonchev–Trinajstić information content (AvgIpc) is 2.79. The Kier molecular flexibility index (Phi) is 8.02. The van der Waals surface area contributed by atoms with Gasteiger partial charge in [-0.1, -0.05) is 60.7 Å². The molecule has 0 N–H and O–H groups in total. The minimum absolute atomic E-state index is 0.927. The van der Waals surface area contributed by atoms with Gasteiger partial charge in [0.1, 0.15) is 0 Å². The fourth-order valence-electron chi connectivity index (χ4n) is 6.61. The Morgan fingerprint density at radius 1 is 0.447 bits per heavy atom. The van der Waals surface area contributed by atoms with Crippen LogP contribution in [0.4, 0.5) is 11.4 Å². The number of benzene rings is 4. The van der Waals surface area contributed by atoms with Crippen LogP contribution in [0, 0.1) is 41.5 Å². The van der Waals surface area contributed by atoms with Crippen molar-refractivity contribution >= 4 is 11.4 Å². The van der Waals surface area contributed by atoms with Gasteiger partial charge in [-0.05, 0) is 121 Å². The Bertz CT molecular complexity index is 1310. The Morgan fingerprint density at radius 3 is 1.05 bits per heavy atom. The lowest BCUT2D eigenvalue weighted by Gasteiger charge is -2.22. The molecule has 0 aliphatic carbocycles. The largest absolute Gasteiger partial charge is 0.377 e. The number of aryl methyl sites for hydroxylation is 6. The molecule has 0 heterocycles. The topological polar surface area (TPSA) is 6.48 Å². The first-order valence-electron chi connectivity index (χ1n) is 13.7. The van der Waals surface area contributed by atoms with Crippen LogP contribution < -0.4 is 9.80 Å². The molecule has 0 bridgehead atoms. The number of rotatable bonds is 7. The molecule has 0 amide bonds. The van der Waals surface area contributed by atoms with Crippen LogP contribution in [-0.2, 0) is 12.8 Å². The van der Waals surface area contributed by atoms with Crippen LogP contribution in [0.1, 0.15) is 55.6 Å². The van der Waals surface area contributed by atoms with Crippen molar-refractivity contribution in [2.75, 3.05) is 38.0 Å². The maximum Gasteiger partial charge on any atom is 0.0420 e. The van der Waals surface area contributed by atoms with E-state index in [2.05, 4.69) is 140 Å². The van der Waals surface area contributed by atoms with Gasteiger partial charge in [-0.25, -0.2) is 0 Å². The van der Waals surface area contributed by atoms with Crippen molar-refractivity contribution in [3.05, 3.63) is 116 Å². The van der Waals surface area contributed by atoms with Crippen molar-refractivity contribution in [3.8, 4) is 11.1 Å². The molecule has 0 unspecified atom stereocenters. The van der Waals surface area contributed by atoms with E-state index in [1.165, 1.54) is 78.1 Å². The number of hydrogen-bond donors (Lipinski definition) is 0. The van der Waals surface area contributed by atoms with Crippen molar-refractivity contribution in [2.45, 2.75) is 54.4 Å². The molecule has 38 heavy (non-hydrogen) atoms. The van der Waals surface area contributed by atoms with Gasteiger partial charge in [0.15, 0.2) is 0 Å². The normalized spacial score (nSPS) is 11.1. The molecule has 4 aromatic rings. The molecule has 0 fully saturated rings. The first kappa shape index (κ1) is 27.5. The second kappa shape index (κ2) is 11.1. The average molecular weight is 505 g/mol. The van der Waals surface area contributed by atoms with E-state index in [4.69, 9.17) is 0 Å². The minimum atomic E-state index is 0.927. The Hall–Kier alpha value is -3.52. The Labute approximate surface area is 231 Å². The molecule has 4 aromatic carbocycles. The number of anilines is 2. The predicted molar refractivity (Wildman–Crippen MR) is 167 cm³/mol. The molecule has 0 aromatic heterocycles.